The van der Waals surface area contributed by atoms with Gasteiger partial charge in [-0.25, -0.2) is 0 Å². The van der Waals surface area contributed by atoms with E-state index in [2.05, 4.69) is 13.8 Å². The molecule has 46 heavy (non-hydrogen) atoms. The number of hydrogen-bond donors (Lipinski definition) is 1. The fourth-order valence-corrected chi connectivity index (χ4v) is 6.81. The quantitative estimate of drug-likeness (QED) is 0.0530. The molecule has 0 saturated heterocycles. The first-order chi connectivity index (χ1) is 22.7. The molecule has 0 heterocycles. The Morgan fingerprint density at radius 1 is 0.391 bits per heavy atom. The molecule has 0 aliphatic rings. The van der Waals surface area contributed by atoms with Gasteiger partial charge in [0.2, 0.25) is 0 Å². The second-order valence-electron chi connectivity index (χ2n) is 14.9. The SMILES string of the molecule is CCCCCCCCCCCCCCCCCCCCCCCCCOC(=O)CCCCCCCCCCC(O)CCCCCC. The second kappa shape index (κ2) is 40.6. The molecule has 0 aliphatic carbocycles. The maximum Gasteiger partial charge on any atom is 0.305 e. The van der Waals surface area contributed by atoms with Gasteiger partial charge in [-0.15, -0.1) is 0 Å². The third-order valence-corrected chi connectivity index (χ3v) is 10.1. The van der Waals surface area contributed by atoms with Crippen LogP contribution in [0, 0.1) is 0 Å². The Hall–Kier alpha value is -0.570. The lowest BCUT2D eigenvalue weighted by atomic mass is 10.0. The van der Waals surface area contributed by atoms with E-state index in [-0.39, 0.29) is 12.1 Å². The van der Waals surface area contributed by atoms with Gasteiger partial charge in [0, 0.05) is 6.42 Å². The van der Waals surface area contributed by atoms with Crippen molar-refractivity contribution in [3.05, 3.63) is 0 Å². The molecule has 0 bridgehead atoms. The van der Waals surface area contributed by atoms with Crippen LogP contribution in [0.4, 0.5) is 0 Å². The first-order valence-electron chi connectivity index (χ1n) is 21.5. The minimum Gasteiger partial charge on any atom is -0.466 e. The number of hydrogen-bond acceptors (Lipinski definition) is 3. The van der Waals surface area contributed by atoms with Crippen LogP contribution >= 0.6 is 0 Å². The highest BCUT2D eigenvalue weighted by molar-refractivity contribution is 5.69. The summed E-state index contributed by atoms with van der Waals surface area (Å²) in [4.78, 5) is 12.0. The zero-order chi connectivity index (χ0) is 33.4. The van der Waals surface area contributed by atoms with Gasteiger partial charge in [-0.3, -0.25) is 4.79 Å². The van der Waals surface area contributed by atoms with Gasteiger partial charge in [-0.05, 0) is 25.7 Å². The fourth-order valence-electron chi connectivity index (χ4n) is 6.81. The Labute approximate surface area is 290 Å². The smallest absolute Gasteiger partial charge is 0.305 e. The molecule has 1 unspecified atom stereocenters. The molecule has 0 saturated carbocycles. The maximum absolute atomic E-state index is 12.0. The molecule has 3 nitrogen and oxygen atoms in total. The highest BCUT2D eigenvalue weighted by Crippen LogP contribution is 2.17. The number of carbonyl (C=O) groups excluding carboxylic acids is 1. The van der Waals surface area contributed by atoms with Crippen molar-refractivity contribution in [2.24, 2.45) is 0 Å². The van der Waals surface area contributed by atoms with Gasteiger partial charge >= 0.3 is 5.97 Å². The summed E-state index contributed by atoms with van der Waals surface area (Å²) < 4.78 is 5.46. The second-order valence-corrected chi connectivity index (χ2v) is 14.9. The Morgan fingerprint density at radius 2 is 0.652 bits per heavy atom. The third-order valence-electron chi connectivity index (χ3n) is 10.1. The molecule has 3 heteroatoms. The predicted octanol–water partition coefficient (Wildman–Crippen LogP) is 14.8. The lowest BCUT2D eigenvalue weighted by Gasteiger charge is -2.10. The molecule has 0 amide bonds. The lowest BCUT2D eigenvalue weighted by Crippen LogP contribution is -2.06. The number of esters is 1. The molecule has 0 fully saturated rings. The van der Waals surface area contributed by atoms with Crippen LogP contribution in [0.3, 0.4) is 0 Å². The first-order valence-corrected chi connectivity index (χ1v) is 21.5. The summed E-state index contributed by atoms with van der Waals surface area (Å²) >= 11 is 0. The highest BCUT2D eigenvalue weighted by Gasteiger charge is 2.05. The van der Waals surface area contributed by atoms with Gasteiger partial charge in [-0.1, -0.05) is 226 Å². The molecule has 0 aliphatic heterocycles. The van der Waals surface area contributed by atoms with E-state index in [1.54, 1.807) is 0 Å². The molecular formula is C43H86O3. The van der Waals surface area contributed by atoms with Crippen LogP contribution < -0.4 is 0 Å². The number of unbranched alkanes of at least 4 members (excludes halogenated alkanes) is 32. The van der Waals surface area contributed by atoms with Gasteiger partial charge in [0.25, 0.3) is 0 Å². The Kier molecular flexibility index (Phi) is 40.1. The van der Waals surface area contributed by atoms with Crippen molar-refractivity contribution >= 4 is 5.97 Å². The largest absolute Gasteiger partial charge is 0.466 e. The van der Waals surface area contributed by atoms with Crippen molar-refractivity contribution in [1.82, 2.24) is 0 Å². The van der Waals surface area contributed by atoms with E-state index in [0.29, 0.717) is 13.0 Å². The van der Waals surface area contributed by atoms with Crippen LogP contribution in [0.15, 0.2) is 0 Å². The monoisotopic (exact) mass is 651 g/mol. The van der Waals surface area contributed by atoms with Gasteiger partial charge < -0.3 is 9.84 Å². The van der Waals surface area contributed by atoms with Crippen LogP contribution in [0.5, 0.6) is 0 Å². The molecule has 0 aromatic carbocycles. The van der Waals surface area contributed by atoms with E-state index in [4.69, 9.17) is 4.74 Å². The summed E-state index contributed by atoms with van der Waals surface area (Å²) in [5, 5.41) is 10.1. The Balaban J connectivity index is 3.18. The summed E-state index contributed by atoms with van der Waals surface area (Å²) in [5.74, 6) is 0.00653. The molecular weight excluding hydrogens is 564 g/mol. The Bertz CT molecular complexity index is 562. The van der Waals surface area contributed by atoms with Crippen molar-refractivity contribution in [1.29, 1.82) is 0 Å². The van der Waals surface area contributed by atoms with Gasteiger partial charge in [0.15, 0.2) is 0 Å². The molecule has 0 spiro atoms. The molecule has 0 radical (unpaired) electrons. The predicted molar refractivity (Wildman–Crippen MR) is 204 cm³/mol. The normalized spacial score (nSPS) is 12.2. The van der Waals surface area contributed by atoms with Crippen molar-refractivity contribution < 1.29 is 14.6 Å². The van der Waals surface area contributed by atoms with E-state index in [9.17, 15) is 9.90 Å². The molecule has 0 rings (SSSR count). The maximum atomic E-state index is 12.0. The molecule has 1 atom stereocenters. The minimum absolute atomic E-state index is 0.00653. The average Bonchev–Trinajstić information content (AvgIpc) is 3.06. The van der Waals surface area contributed by atoms with E-state index in [1.165, 1.54) is 205 Å². The van der Waals surface area contributed by atoms with Crippen LogP contribution in [0.25, 0.3) is 0 Å². The number of carbonyl (C=O) groups is 1. The third kappa shape index (κ3) is 39.6. The van der Waals surface area contributed by atoms with E-state index < -0.39 is 0 Å². The standard InChI is InChI=1S/C43H86O3/c1-3-5-7-9-10-11-12-13-14-15-16-17-18-19-20-21-22-23-24-27-30-33-37-41-46-43(45)40-36-32-29-26-25-28-31-35-39-42(44)38-34-8-6-4-2/h42,44H,3-41H2,1-2H3. The summed E-state index contributed by atoms with van der Waals surface area (Å²) in [6.45, 7) is 5.15. The number of aliphatic hydroxyl groups excluding tert-OH is 1. The molecule has 1 N–H and O–H groups in total. The van der Waals surface area contributed by atoms with Crippen molar-refractivity contribution in [2.45, 2.75) is 264 Å². The summed E-state index contributed by atoms with van der Waals surface area (Å²) in [6.07, 6.45) is 49.4. The van der Waals surface area contributed by atoms with Crippen LogP contribution in [0.1, 0.15) is 258 Å². The number of ether oxygens (including phenoxy) is 1. The Morgan fingerprint density at radius 3 is 1.00 bits per heavy atom. The number of rotatable bonds is 40. The molecule has 0 aromatic heterocycles. The van der Waals surface area contributed by atoms with E-state index in [0.717, 1.165) is 32.1 Å². The highest BCUT2D eigenvalue weighted by atomic mass is 16.5. The molecule has 0 aromatic rings. The molecule has 276 valence electrons. The van der Waals surface area contributed by atoms with Gasteiger partial charge in [-0.2, -0.15) is 0 Å². The van der Waals surface area contributed by atoms with Crippen molar-refractivity contribution in [2.75, 3.05) is 6.61 Å². The average molecular weight is 651 g/mol. The summed E-state index contributed by atoms with van der Waals surface area (Å²) in [6, 6.07) is 0. The van der Waals surface area contributed by atoms with Crippen LogP contribution in [-0.2, 0) is 9.53 Å². The van der Waals surface area contributed by atoms with Crippen LogP contribution in [0.2, 0.25) is 0 Å². The fraction of sp³-hybridized carbons (Fsp3) is 0.977. The van der Waals surface area contributed by atoms with E-state index >= 15 is 0 Å². The van der Waals surface area contributed by atoms with Crippen molar-refractivity contribution in [3.63, 3.8) is 0 Å². The van der Waals surface area contributed by atoms with Crippen LogP contribution in [-0.4, -0.2) is 23.8 Å². The van der Waals surface area contributed by atoms with E-state index in [1.807, 2.05) is 0 Å². The minimum atomic E-state index is -0.0789. The summed E-state index contributed by atoms with van der Waals surface area (Å²) in [7, 11) is 0. The zero-order valence-electron chi connectivity index (χ0n) is 31.9. The summed E-state index contributed by atoms with van der Waals surface area (Å²) in [5.41, 5.74) is 0. The first kappa shape index (κ1) is 45.4. The zero-order valence-corrected chi connectivity index (χ0v) is 31.9. The lowest BCUT2D eigenvalue weighted by molar-refractivity contribution is -0.143. The van der Waals surface area contributed by atoms with Gasteiger partial charge in [0.05, 0.1) is 12.7 Å². The topological polar surface area (TPSA) is 46.5 Å². The van der Waals surface area contributed by atoms with Crippen molar-refractivity contribution in [3.8, 4) is 0 Å². The van der Waals surface area contributed by atoms with Gasteiger partial charge in [0.1, 0.15) is 0 Å². The number of aliphatic hydroxyl groups is 1.